The summed E-state index contributed by atoms with van der Waals surface area (Å²) in [7, 11) is -3.60. The number of thiophene rings is 1. The van der Waals surface area contributed by atoms with Gasteiger partial charge < -0.3 is 5.32 Å². The highest BCUT2D eigenvalue weighted by molar-refractivity contribution is 7.89. The Hall–Kier alpha value is -3.01. The lowest BCUT2D eigenvalue weighted by Gasteiger charge is -2.16. The summed E-state index contributed by atoms with van der Waals surface area (Å²) < 4.78 is 29.2. The van der Waals surface area contributed by atoms with Gasteiger partial charge in [0.1, 0.15) is 17.2 Å². The first-order valence-corrected chi connectivity index (χ1v) is 12.7. The highest BCUT2D eigenvalue weighted by Gasteiger charge is 2.28. The maximum atomic E-state index is 13.2. The van der Waals surface area contributed by atoms with Gasteiger partial charge in [-0.3, -0.25) is 9.20 Å². The molecule has 0 bridgehead atoms. The van der Waals surface area contributed by atoms with Crippen LogP contribution in [0.3, 0.4) is 0 Å². The first-order valence-electron chi connectivity index (χ1n) is 10.4. The Labute approximate surface area is 190 Å². The highest BCUT2D eigenvalue weighted by atomic mass is 32.2. The third kappa shape index (κ3) is 3.72. The molecule has 1 aliphatic heterocycles. The molecule has 5 rings (SSSR count). The Bertz CT molecular complexity index is 1400. The number of imidazole rings is 1. The van der Waals surface area contributed by atoms with Crippen molar-refractivity contribution >= 4 is 38.7 Å². The van der Waals surface area contributed by atoms with Crippen molar-refractivity contribution in [2.24, 2.45) is 0 Å². The minimum absolute atomic E-state index is 0.138. The molecule has 1 fully saturated rings. The molecule has 1 aromatic carbocycles. The number of aryl methyl sites for hydroxylation is 1. The van der Waals surface area contributed by atoms with Crippen molar-refractivity contribution in [3.05, 3.63) is 71.2 Å². The Morgan fingerprint density at radius 2 is 1.91 bits per heavy atom. The fourth-order valence-corrected chi connectivity index (χ4v) is 6.18. The summed E-state index contributed by atoms with van der Waals surface area (Å²) in [5, 5.41) is 4.93. The first-order chi connectivity index (χ1) is 15.4. The van der Waals surface area contributed by atoms with E-state index >= 15 is 0 Å². The summed E-state index contributed by atoms with van der Waals surface area (Å²) >= 11 is 1.54. The van der Waals surface area contributed by atoms with Crippen molar-refractivity contribution < 1.29 is 13.2 Å². The van der Waals surface area contributed by atoms with Crippen LogP contribution in [0.1, 0.15) is 28.8 Å². The van der Waals surface area contributed by atoms with Gasteiger partial charge in [0, 0.05) is 24.8 Å². The lowest BCUT2D eigenvalue weighted by atomic mass is 10.2. The molecule has 32 heavy (non-hydrogen) atoms. The summed E-state index contributed by atoms with van der Waals surface area (Å²) in [6.07, 6.45) is 3.59. The number of carbonyl (C=O) groups excluding carboxylic acids is 1. The van der Waals surface area contributed by atoms with E-state index in [2.05, 4.69) is 5.32 Å². The molecule has 0 aliphatic carbocycles. The number of amides is 1. The quantitative estimate of drug-likeness (QED) is 0.472. The van der Waals surface area contributed by atoms with Crippen molar-refractivity contribution in [3.63, 3.8) is 0 Å². The zero-order chi connectivity index (χ0) is 22.3. The molecule has 3 aromatic heterocycles. The van der Waals surface area contributed by atoms with E-state index in [0.29, 0.717) is 24.6 Å². The van der Waals surface area contributed by atoms with Gasteiger partial charge in [-0.05, 0) is 67.1 Å². The number of fused-ring (bicyclic) bond motifs is 1. The fraction of sp³-hybridized carbons (Fsp3) is 0.217. The number of sulfonamides is 1. The largest absolute Gasteiger partial charge is 0.306 e. The number of hydrogen-bond donors (Lipinski definition) is 1. The van der Waals surface area contributed by atoms with Crippen molar-refractivity contribution in [1.29, 1.82) is 0 Å². The van der Waals surface area contributed by atoms with E-state index in [-0.39, 0.29) is 16.4 Å². The van der Waals surface area contributed by atoms with E-state index in [9.17, 15) is 13.2 Å². The van der Waals surface area contributed by atoms with Crippen LogP contribution in [0.5, 0.6) is 0 Å². The van der Waals surface area contributed by atoms with Gasteiger partial charge in [-0.1, -0.05) is 12.1 Å². The van der Waals surface area contributed by atoms with Crippen LogP contribution in [-0.4, -0.2) is 41.1 Å². The maximum Gasteiger partial charge on any atom is 0.256 e. The lowest BCUT2D eigenvalue weighted by Crippen LogP contribution is -2.28. The number of benzene rings is 1. The van der Waals surface area contributed by atoms with Crippen LogP contribution in [0.25, 0.3) is 16.2 Å². The summed E-state index contributed by atoms with van der Waals surface area (Å²) in [5.41, 5.74) is 2.76. The normalized spacial score (nSPS) is 14.8. The molecule has 4 aromatic rings. The van der Waals surface area contributed by atoms with Gasteiger partial charge in [0.25, 0.3) is 5.91 Å². The maximum absolute atomic E-state index is 13.2. The van der Waals surface area contributed by atoms with Crippen molar-refractivity contribution in [2.75, 3.05) is 18.4 Å². The van der Waals surface area contributed by atoms with E-state index in [1.54, 1.807) is 29.5 Å². The monoisotopic (exact) mass is 466 g/mol. The van der Waals surface area contributed by atoms with Crippen LogP contribution < -0.4 is 5.32 Å². The molecule has 0 saturated carbocycles. The van der Waals surface area contributed by atoms with E-state index in [4.69, 9.17) is 4.98 Å². The second-order valence-corrected chi connectivity index (χ2v) is 10.7. The number of carbonyl (C=O) groups is 1. The molecule has 0 unspecified atom stereocenters. The van der Waals surface area contributed by atoms with Crippen molar-refractivity contribution in [3.8, 4) is 10.6 Å². The minimum atomic E-state index is -3.60. The molecule has 164 valence electrons. The number of aromatic nitrogens is 2. The third-order valence-corrected chi connectivity index (χ3v) is 8.34. The summed E-state index contributed by atoms with van der Waals surface area (Å²) in [6.45, 7) is 3.03. The molecule has 1 saturated heterocycles. The van der Waals surface area contributed by atoms with Crippen LogP contribution in [-0.2, 0) is 10.0 Å². The average Bonchev–Trinajstić information content (AvgIpc) is 3.55. The molecular weight excluding hydrogens is 444 g/mol. The van der Waals surface area contributed by atoms with Crippen LogP contribution >= 0.6 is 11.3 Å². The number of anilines is 1. The van der Waals surface area contributed by atoms with Gasteiger partial charge in [0.2, 0.25) is 10.0 Å². The fourth-order valence-electron chi connectivity index (χ4n) is 3.91. The van der Waals surface area contributed by atoms with Gasteiger partial charge in [-0.2, -0.15) is 4.31 Å². The van der Waals surface area contributed by atoms with Gasteiger partial charge >= 0.3 is 0 Å². The van der Waals surface area contributed by atoms with Crippen LogP contribution in [0.4, 0.5) is 5.82 Å². The zero-order valence-corrected chi connectivity index (χ0v) is 19.1. The highest BCUT2D eigenvalue weighted by Crippen LogP contribution is 2.32. The molecule has 0 spiro atoms. The molecule has 0 atom stereocenters. The number of nitrogens with one attached hydrogen (secondary N) is 1. The standard InChI is InChI=1S/C23H22N4O3S2/c1-16-9-12-27-20(14-16)24-21(19-8-5-13-31-19)22(27)25-23(28)17-6-4-7-18(15-17)32(29,30)26-10-2-3-11-26/h4-9,12-15H,2-3,10-11H2,1H3,(H,25,28). The topological polar surface area (TPSA) is 83.8 Å². The summed E-state index contributed by atoms with van der Waals surface area (Å²) in [5.74, 6) is 0.170. The zero-order valence-electron chi connectivity index (χ0n) is 17.5. The van der Waals surface area contributed by atoms with Crippen LogP contribution in [0.15, 0.2) is 65.0 Å². The molecule has 1 aliphatic rings. The van der Waals surface area contributed by atoms with Gasteiger partial charge in [0.05, 0.1) is 9.77 Å². The molecule has 1 amide bonds. The Morgan fingerprint density at radius 1 is 1.09 bits per heavy atom. The third-order valence-electron chi connectivity index (χ3n) is 5.57. The van der Waals surface area contributed by atoms with Crippen LogP contribution in [0.2, 0.25) is 0 Å². The molecule has 0 radical (unpaired) electrons. The Balaban J connectivity index is 1.51. The molecule has 9 heteroatoms. The summed E-state index contributed by atoms with van der Waals surface area (Å²) in [6, 6.07) is 14.0. The van der Waals surface area contributed by atoms with E-state index in [1.807, 2.05) is 47.2 Å². The van der Waals surface area contributed by atoms with Gasteiger partial charge in [-0.15, -0.1) is 11.3 Å². The van der Waals surface area contributed by atoms with E-state index < -0.39 is 10.0 Å². The van der Waals surface area contributed by atoms with Crippen molar-refractivity contribution in [2.45, 2.75) is 24.7 Å². The van der Waals surface area contributed by atoms with E-state index in [0.717, 1.165) is 28.9 Å². The molecular formula is C23H22N4O3S2. The summed E-state index contributed by atoms with van der Waals surface area (Å²) in [4.78, 5) is 19.0. The molecule has 1 N–H and O–H groups in total. The smallest absolute Gasteiger partial charge is 0.256 e. The number of hydrogen-bond acceptors (Lipinski definition) is 5. The van der Waals surface area contributed by atoms with E-state index in [1.165, 1.54) is 10.4 Å². The average molecular weight is 467 g/mol. The van der Waals surface area contributed by atoms with Crippen molar-refractivity contribution in [1.82, 2.24) is 13.7 Å². The Kier molecular flexibility index (Phi) is 5.32. The van der Waals surface area contributed by atoms with Gasteiger partial charge in [0.15, 0.2) is 0 Å². The minimum Gasteiger partial charge on any atom is -0.306 e. The second kappa shape index (κ2) is 8.16. The second-order valence-electron chi connectivity index (χ2n) is 7.81. The number of rotatable bonds is 5. The predicted octanol–water partition coefficient (Wildman–Crippen LogP) is 4.41. The lowest BCUT2D eigenvalue weighted by molar-refractivity contribution is 0.102. The van der Waals surface area contributed by atoms with Gasteiger partial charge in [-0.25, -0.2) is 13.4 Å². The first kappa shape index (κ1) is 20.9. The number of pyridine rings is 1. The Morgan fingerprint density at radius 3 is 2.66 bits per heavy atom. The predicted molar refractivity (Wildman–Crippen MR) is 126 cm³/mol. The number of nitrogens with zero attached hydrogens (tertiary/aromatic N) is 3. The molecule has 4 heterocycles. The molecule has 7 nitrogen and oxygen atoms in total. The SMILES string of the molecule is Cc1ccn2c(NC(=O)c3cccc(S(=O)(=O)N4CCCC4)c3)c(-c3cccs3)nc2c1. The van der Waals surface area contributed by atoms with Crippen LogP contribution in [0, 0.1) is 6.92 Å².